The van der Waals surface area contributed by atoms with Gasteiger partial charge < -0.3 is 9.32 Å². The fraction of sp³-hybridized carbons (Fsp3) is 0.294. The summed E-state index contributed by atoms with van der Waals surface area (Å²) in [6, 6.07) is 11.4. The molecule has 1 unspecified atom stereocenters. The summed E-state index contributed by atoms with van der Waals surface area (Å²) < 4.78 is 6.62. The Morgan fingerprint density at radius 3 is 2.96 bits per heavy atom. The van der Waals surface area contributed by atoms with E-state index in [1.54, 1.807) is 23.5 Å². The largest absolute Gasteiger partial charge is 0.420 e. The summed E-state index contributed by atoms with van der Waals surface area (Å²) in [6.07, 6.45) is 1.97. The highest BCUT2D eigenvalue weighted by Crippen LogP contribution is 2.34. The molecule has 1 fully saturated rings. The first-order valence-corrected chi connectivity index (χ1v) is 8.53. The van der Waals surface area contributed by atoms with Crippen LogP contribution in [0.1, 0.15) is 23.8 Å². The summed E-state index contributed by atoms with van der Waals surface area (Å²) in [7, 11) is 0. The normalized spacial score (nSPS) is 17.9. The number of rotatable bonds is 3. The molecule has 1 aromatic carbocycles. The van der Waals surface area contributed by atoms with Gasteiger partial charge in [-0.05, 0) is 36.4 Å². The van der Waals surface area contributed by atoms with Crippen LogP contribution in [0.15, 0.2) is 51.0 Å². The number of thiophene rings is 1. The molecule has 0 saturated carbocycles. The second-order valence-electron chi connectivity index (χ2n) is 5.68. The van der Waals surface area contributed by atoms with Crippen LogP contribution >= 0.6 is 11.3 Å². The van der Waals surface area contributed by atoms with Crippen molar-refractivity contribution in [2.45, 2.75) is 25.4 Å². The molecule has 118 valence electrons. The van der Waals surface area contributed by atoms with Crippen molar-refractivity contribution in [1.29, 1.82) is 0 Å². The van der Waals surface area contributed by atoms with Gasteiger partial charge in [0.15, 0.2) is 5.58 Å². The van der Waals surface area contributed by atoms with E-state index in [1.165, 1.54) is 9.44 Å². The molecule has 0 bridgehead atoms. The topological polar surface area (TPSA) is 55.5 Å². The molecule has 1 aliphatic heterocycles. The van der Waals surface area contributed by atoms with Crippen molar-refractivity contribution in [3.63, 3.8) is 0 Å². The second kappa shape index (κ2) is 5.70. The average molecular weight is 328 g/mol. The van der Waals surface area contributed by atoms with E-state index >= 15 is 0 Å². The highest BCUT2D eigenvalue weighted by Gasteiger charge is 2.31. The number of oxazole rings is 1. The first kappa shape index (κ1) is 14.3. The fourth-order valence-electron chi connectivity index (χ4n) is 3.23. The van der Waals surface area contributed by atoms with E-state index in [-0.39, 0.29) is 18.5 Å². The van der Waals surface area contributed by atoms with Crippen molar-refractivity contribution < 1.29 is 9.21 Å². The smallest absolute Gasteiger partial charge is 0.408 e. The maximum atomic E-state index is 12.7. The van der Waals surface area contributed by atoms with Gasteiger partial charge in [0, 0.05) is 11.4 Å². The molecular weight excluding hydrogens is 312 g/mol. The van der Waals surface area contributed by atoms with Gasteiger partial charge in [0.1, 0.15) is 6.54 Å². The molecular formula is C17H16N2O3S. The molecule has 1 atom stereocenters. The third-order valence-electron chi connectivity index (χ3n) is 4.31. The third kappa shape index (κ3) is 2.49. The van der Waals surface area contributed by atoms with Gasteiger partial charge in [-0.25, -0.2) is 4.79 Å². The van der Waals surface area contributed by atoms with Gasteiger partial charge in [0.25, 0.3) is 0 Å². The zero-order chi connectivity index (χ0) is 15.8. The fourth-order valence-corrected chi connectivity index (χ4v) is 4.11. The van der Waals surface area contributed by atoms with Crippen molar-refractivity contribution in [3.8, 4) is 0 Å². The van der Waals surface area contributed by atoms with Gasteiger partial charge in [-0.1, -0.05) is 18.2 Å². The SMILES string of the molecule is O=C(Cn1c(=O)oc2ccccc21)N1CCCC1c1cccs1. The molecule has 0 spiro atoms. The maximum absolute atomic E-state index is 12.7. The summed E-state index contributed by atoms with van der Waals surface area (Å²) >= 11 is 1.67. The molecule has 1 amide bonds. The molecule has 3 aromatic rings. The lowest BCUT2D eigenvalue weighted by Crippen LogP contribution is -2.35. The van der Waals surface area contributed by atoms with E-state index in [9.17, 15) is 9.59 Å². The Hall–Kier alpha value is -2.34. The highest BCUT2D eigenvalue weighted by molar-refractivity contribution is 7.10. The van der Waals surface area contributed by atoms with Crippen LogP contribution in [-0.2, 0) is 11.3 Å². The van der Waals surface area contributed by atoms with E-state index < -0.39 is 5.76 Å². The van der Waals surface area contributed by atoms with E-state index in [1.807, 2.05) is 28.5 Å². The first-order chi connectivity index (χ1) is 11.2. The van der Waals surface area contributed by atoms with E-state index in [0.29, 0.717) is 11.1 Å². The Morgan fingerprint density at radius 2 is 2.13 bits per heavy atom. The number of hydrogen-bond donors (Lipinski definition) is 0. The van der Waals surface area contributed by atoms with Gasteiger partial charge >= 0.3 is 5.76 Å². The molecule has 0 radical (unpaired) electrons. The highest BCUT2D eigenvalue weighted by atomic mass is 32.1. The number of aromatic nitrogens is 1. The van der Waals surface area contributed by atoms with Crippen molar-refractivity contribution in [2.75, 3.05) is 6.54 Å². The van der Waals surface area contributed by atoms with E-state index in [4.69, 9.17) is 4.42 Å². The van der Waals surface area contributed by atoms with Crippen molar-refractivity contribution >= 4 is 28.3 Å². The van der Waals surface area contributed by atoms with Crippen LogP contribution in [0.3, 0.4) is 0 Å². The number of likely N-dealkylation sites (tertiary alicyclic amines) is 1. The first-order valence-electron chi connectivity index (χ1n) is 7.65. The molecule has 1 saturated heterocycles. The number of fused-ring (bicyclic) bond motifs is 1. The monoisotopic (exact) mass is 328 g/mol. The number of nitrogens with zero attached hydrogens (tertiary/aromatic N) is 2. The van der Waals surface area contributed by atoms with Crippen LogP contribution in [0.2, 0.25) is 0 Å². The van der Waals surface area contributed by atoms with Crippen LogP contribution in [0.25, 0.3) is 11.1 Å². The summed E-state index contributed by atoms with van der Waals surface area (Å²) in [5, 5.41) is 2.03. The second-order valence-corrected chi connectivity index (χ2v) is 6.66. The standard InChI is InChI=1S/C17H16N2O3S/c20-16(18-9-3-6-13(18)15-8-4-10-23-15)11-19-12-5-1-2-7-14(12)22-17(19)21/h1-2,4-5,7-8,10,13H,3,6,9,11H2. The van der Waals surface area contributed by atoms with Crippen molar-refractivity contribution in [2.24, 2.45) is 0 Å². The van der Waals surface area contributed by atoms with Crippen LogP contribution in [0, 0.1) is 0 Å². The predicted octanol–water partition coefficient (Wildman–Crippen LogP) is 3.02. The summed E-state index contributed by atoms with van der Waals surface area (Å²) in [6.45, 7) is 0.768. The van der Waals surface area contributed by atoms with Crippen LogP contribution in [0.4, 0.5) is 0 Å². The lowest BCUT2D eigenvalue weighted by atomic mass is 10.2. The summed E-state index contributed by atoms with van der Waals surface area (Å²) in [4.78, 5) is 27.9. The molecule has 3 heterocycles. The predicted molar refractivity (Wildman–Crippen MR) is 88.5 cm³/mol. The zero-order valence-corrected chi connectivity index (χ0v) is 13.3. The summed E-state index contributed by atoms with van der Waals surface area (Å²) in [5.41, 5.74) is 1.18. The van der Waals surface area contributed by atoms with Gasteiger partial charge in [0.2, 0.25) is 5.91 Å². The Balaban J connectivity index is 1.62. The third-order valence-corrected chi connectivity index (χ3v) is 5.29. The molecule has 5 nitrogen and oxygen atoms in total. The van der Waals surface area contributed by atoms with E-state index in [0.717, 1.165) is 19.4 Å². The number of hydrogen-bond acceptors (Lipinski definition) is 4. The molecule has 0 aliphatic carbocycles. The Kier molecular flexibility index (Phi) is 3.53. The summed E-state index contributed by atoms with van der Waals surface area (Å²) in [5.74, 6) is -0.513. The minimum absolute atomic E-state index is 0.0255. The molecule has 2 aromatic heterocycles. The Labute approximate surface area is 136 Å². The quantitative estimate of drug-likeness (QED) is 0.742. The van der Waals surface area contributed by atoms with Crippen LogP contribution in [0.5, 0.6) is 0 Å². The number of carbonyl (C=O) groups excluding carboxylic acids is 1. The lowest BCUT2D eigenvalue weighted by Gasteiger charge is -2.24. The zero-order valence-electron chi connectivity index (χ0n) is 12.5. The van der Waals surface area contributed by atoms with Gasteiger partial charge in [-0.2, -0.15) is 0 Å². The molecule has 6 heteroatoms. The van der Waals surface area contributed by atoms with Gasteiger partial charge in [-0.15, -0.1) is 11.3 Å². The van der Waals surface area contributed by atoms with Gasteiger partial charge in [-0.3, -0.25) is 9.36 Å². The minimum Gasteiger partial charge on any atom is -0.408 e. The molecule has 1 aliphatic rings. The number of carbonyl (C=O) groups is 1. The number of amides is 1. The maximum Gasteiger partial charge on any atom is 0.420 e. The van der Waals surface area contributed by atoms with Crippen LogP contribution < -0.4 is 5.76 Å². The Morgan fingerprint density at radius 1 is 1.26 bits per heavy atom. The van der Waals surface area contributed by atoms with Gasteiger partial charge in [0.05, 0.1) is 11.6 Å². The van der Waals surface area contributed by atoms with Crippen molar-refractivity contribution in [1.82, 2.24) is 9.47 Å². The molecule has 23 heavy (non-hydrogen) atoms. The van der Waals surface area contributed by atoms with Crippen LogP contribution in [-0.4, -0.2) is 21.9 Å². The van der Waals surface area contributed by atoms with E-state index in [2.05, 4.69) is 6.07 Å². The number of benzene rings is 1. The van der Waals surface area contributed by atoms with Crippen molar-refractivity contribution in [3.05, 3.63) is 57.2 Å². The lowest BCUT2D eigenvalue weighted by molar-refractivity contribution is -0.132. The minimum atomic E-state index is -0.480. The molecule has 0 N–H and O–H groups in total. The molecule has 4 rings (SSSR count). The Bertz CT molecular complexity index is 894. The number of para-hydroxylation sites is 2. The average Bonchev–Trinajstić information content (AvgIpc) is 3.26.